The second-order valence-corrected chi connectivity index (χ2v) is 7.54. The number of likely N-dealkylation sites (tertiary alicyclic amines) is 1. The van der Waals surface area contributed by atoms with E-state index in [2.05, 4.69) is 18.1 Å². The van der Waals surface area contributed by atoms with Gasteiger partial charge in [0.25, 0.3) is 5.92 Å². The van der Waals surface area contributed by atoms with Gasteiger partial charge in [0.15, 0.2) is 0 Å². The molecule has 1 saturated heterocycles. The van der Waals surface area contributed by atoms with Gasteiger partial charge in [-0.1, -0.05) is 19.6 Å². The minimum absolute atomic E-state index is 0.102. The molecule has 1 aliphatic heterocycles. The third-order valence-electron chi connectivity index (χ3n) is 5.43. The summed E-state index contributed by atoms with van der Waals surface area (Å²) >= 11 is 0. The molecule has 0 bridgehead atoms. The van der Waals surface area contributed by atoms with E-state index in [0.717, 1.165) is 37.2 Å². The lowest BCUT2D eigenvalue weighted by Crippen LogP contribution is -2.43. The Morgan fingerprint density at radius 2 is 2.00 bits per heavy atom. The van der Waals surface area contributed by atoms with Gasteiger partial charge in [-0.3, -0.25) is 4.90 Å². The number of aromatic nitrogens is 1. The highest BCUT2D eigenvalue weighted by Gasteiger charge is 2.31. The molecular formula is C20H30F2N2O2. The van der Waals surface area contributed by atoms with Gasteiger partial charge in [0, 0.05) is 29.2 Å². The second kappa shape index (κ2) is 7.91. The zero-order valence-electron chi connectivity index (χ0n) is 16.2. The van der Waals surface area contributed by atoms with E-state index in [1.54, 1.807) is 0 Å². The van der Waals surface area contributed by atoms with Crippen LogP contribution in [0.3, 0.4) is 0 Å². The number of carbonyl (C=O) groups is 1. The molecule has 0 aliphatic carbocycles. The Morgan fingerprint density at radius 3 is 2.46 bits per heavy atom. The summed E-state index contributed by atoms with van der Waals surface area (Å²) in [7, 11) is 0. The van der Waals surface area contributed by atoms with Crippen LogP contribution in [0, 0.1) is 12.8 Å². The molecule has 6 heteroatoms. The molecular weight excluding hydrogens is 338 g/mol. The van der Waals surface area contributed by atoms with E-state index in [1.165, 1.54) is 0 Å². The van der Waals surface area contributed by atoms with Crippen LogP contribution in [-0.4, -0.2) is 46.1 Å². The lowest BCUT2D eigenvalue weighted by Gasteiger charge is -2.36. The van der Waals surface area contributed by atoms with Crippen molar-refractivity contribution in [1.29, 1.82) is 0 Å². The number of rotatable bonds is 6. The maximum atomic E-state index is 13.2. The standard InChI is InChI=1S/C20H30F2N2O2/c1-6-7-17-13(2)18(19(25)26)15(4)24(17)14(3)16-8-10-23(11-9-16)12-20(5,21)22/h7,14,16H,2,6,8-12H2,1,3-5H3,(H,25,26)/b17-7+/t14-/m1/s1. The Morgan fingerprint density at radius 1 is 1.42 bits per heavy atom. The second-order valence-electron chi connectivity index (χ2n) is 7.54. The molecule has 26 heavy (non-hydrogen) atoms. The third-order valence-corrected chi connectivity index (χ3v) is 5.43. The van der Waals surface area contributed by atoms with Gasteiger partial charge in [0.1, 0.15) is 0 Å². The first-order chi connectivity index (χ1) is 12.1. The van der Waals surface area contributed by atoms with E-state index in [0.29, 0.717) is 24.2 Å². The molecule has 1 atom stereocenters. The lowest BCUT2D eigenvalue weighted by atomic mass is 9.89. The van der Waals surface area contributed by atoms with Crippen molar-refractivity contribution in [3.05, 3.63) is 21.8 Å². The number of hydrogen-bond acceptors (Lipinski definition) is 2. The fraction of sp³-hybridized carbons (Fsp3) is 0.650. The molecule has 146 valence electrons. The average Bonchev–Trinajstić information content (AvgIpc) is 2.77. The van der Waals surface area contributed by atoms with Crippen LogP contribution in [0.5, 0.6) is 0 Å². The number of aromatic carboxylic acids is 1. The Labute approximate surface area is 153 Å². The number of piperidine rings is 1. The van der Waals surface area contributed by atoms with Crippen LogP contribution in [0.1, 0.15) is 62.1 Å². The first-order valence-electron chi connectivity index (χ1n) is 9.30. The molecule has 2 rings (SSSR count). The van der Waals surface area contributed by atoms with E-state index >= 15 is 0 Å². The molecule has 1 aromatic rings. The number of nitrogens with zero attached hydrogens (tertiary/aromatic N) is 2. The summed E-state index contributed by atoms with van der Waals surface area (Å²) in [5.74, 6) is -3.30. The van der Waals surface area contributed by atoms with Gasteiger partial charge in [-0.2, -0.15) is 0 Å². The van der Waals surface area contributed by atoms with Gasteiger partial charge in [0.05, 0.1) is 12.1 Å². The van der Waals surface area contributed by atoms with E-state index in [-0.39, 0.29) is 18.2 Å². The van der Waals surface area contributed by atoms with E-state index in [1.807, 2.05) is 24.8 Å². The number of halogens is 2. The van der Waals surface area contributed by atoms with Crippen molar-refractivity contribution in [3.8, 4) is 0 Å². The van der Waals surface area contributed by atoms with Crippen molar-refractivity contribution in [1.82, 2.24) is 9.47 Å². The van der Waals surface area contributed by atoms with Gasteiger partial charge >= 0.3 is 5.97 Å². The summed E-state index contributed by atoms with van der Waals surface area (Å²) in [6.07, 6.45) is 4.47. The van der Waals surface area contributed by atoms with Gasteiger partial charge in [-0.15, -0.1) is 0 Å². The largest absolute Gasteiger partial charge is 0.478 e. The highest BCUT2D eigenvalue weighted by Crippen LogP contribution is 2.30. The van der Waals surface area contributed by atoms with Crippen LogP contribution >= 0.6 is 0 Å². The van der Waals surface area contributed by atoms with Crippen molar-refractivity contribution in [2.75, 3.05) is 19.6 Å². The molecule has 2 heterocycles. The molecule has 0 amide bonds. The number of hydrogen-bond donors (Lipinski definition) is 1. The van der Waals surface area contributed by atoms with Gasteiger partial charge < -0.3 is 9.67 Å². The first-order valence-corrected chi connectivity index (χ1v) is 9.30. The number of carboxylic acids is 1. The average molecular weight is 368 g/mol. The molecule has 0 radical (unpaired) electrons. The summed E-state index contributed by atoms with van der Waals surface area (Å²) in [4.78, 5) is 13.5. The smallest absolute Gasteiger partial charge is 0.338 e. The van der Waals surface area contributed by atoms with Gasteiger partial charge in [-0.05, 0) is 52.1 Å². The monoisotopic (exact) mass is 368 g/mol. The van der Waals surface area contributed by atoms with Crippen LogP contribution in [0.2, 0.25) is 0 Å². The maximum absolute atomic E-state index is 13.2. The third kappa shape index (κ3) is 4.34. The summed E-state index contributed by atoms with van der Waals surface area (Å²) in [6, 6.07) is 0.102. The Kier molecular flexibility index (Phi) is 6.27. The molecule has 1 N–H and O–H groups in total. The van der Waals surface area contributed by atoms with Gasteiger partial charge in [-0.25, -0.2) is 13.6 Å². The summed E-state index contributed by atoms with van der Waals surface area (Å²) in [6.45, 7) is 12.0. The highest BCUT2D eigenvalue weighted by atomic mass is 19.3. The van der Waals surface area contributed by atoms with Crippen LogP contribution in [-0.2, 0) is 0 Å². The zero-order chi connectivity index (χ0) is 19.6. The van der Waals surface area contributed by atoms with E-state index in [4.69, 9.17) is 0 Å². The SMILES string of the molecule is C=c1c(C(=O)O)c(C)n([C@H](C)C2CCN(CC(C)(F)F)CC2)/c1=C/CC. The number of carboxylic acid groups (broad SMARTS) is 1. The quantitative estimate of drug-likeness (QED) is 0.840. The van der Waals surface area contributed by atoms with Crippen LogP contribution in [0.4, 0.5) is 8.78 Å². The molecule has 0 saturated carbocycles. The summed E-state index contributed by atoms with van der Waals surface area (Å²) < 4.78 is 28.5. The predicted molar refractivity (Wildman–Crippen MR) is 100 cm³/mol. The molecule has 1 fully saturated rings. The predicted octanol–water partition coefficient (Wildman–Crippen LogP) is 3.02. The molecule has 0 spiro atoms. The van der Waals surface area contributed by atoms with Crippen LogP contribution in [0.15, 0.2) is 0 Å². The lowest BCUT2D eigenvalue weighted by molar-refractivity contribution is -0.0240. The van der Waals surface area contributed by atoms with Crippen LogP contribution < -0.4 is 10.6 Å². The Balaban J connectivity index is 2.27. The molecule has 1 aromatic heterocycles. The molecule has 0 unspecified atom stereocenters. The molecule has 4 nitrogen and oxygen atoms in total. The van der Waals surface area contributed by atoms with E-state index in [9.17, 15) is 18.7 Å². The first kappa shape index (κ1) is 20.6. The van der Waals surface area contributed by atoms with Crippen molar-refractivity contribution < 1.29 is 18.7 Å². The zero-order valence-corrected chi connectivity index (χ0v) is 16.2. The molecule has 0 aromatic carbocycles. The maximum Gasteiger partial charge on any atom is 0.338 e. The minimum Gasteiger partial charge on any atom is -0.478 e. The highest BCUT2D eigenvalue weighted by molar-refractivity contribution is 5.89. The van der Waals surface area contributed by atoms with Gasteiger partial charge in [0.2, 0.25) is 0 Å². The van der Waals surface area contributed by atoms with Crippen LogP contribution in [0.25, 0.3) is 12.7 Å². The van der Waals surface area contributed by atoms with Crippen molar-refractivity contribution in [3.63, 3.8) is 0 Å². The Hall–Kier alpha value is -1.69. The summed E-state index contributed by atoms with van der Waals surface area (Å²) in [5, 5.41) is 11.0. The minimum atomic E-state index is -2.67. The summed E-state index contributed by atoms with van der Waals surface area (Å²) in [5.41, 5.74) is 0.997. The normalized spacial score (nSPS) is 19.1. The number of alkyl halides is 2. The van der Waals surface area contributed by atoms with Crippen molar-refractivity contribution in [2.45, 2.75) is 58.9 Å². The van der Waals surface area contributed by atoms with Crippen molar-refractivity contribution in [2.24, 2.45) is 5.92 Å². The topological polar surface area (TPSA) is 45.5 Å². The fourth-order valence-electron chi connectivity index (χ4n) is 4.21. The van der Waals surface area contributed by atoms with Crippen molar-refractivity contribution >= 4 is 18.6 Å². The van der Waals surface area contributed by atoms with E-state index < -0.39 is 11.9 Å². The molecule has 1 aliphatic rings. The Bertz CT molecular complexity index is 756. The fourth-order valence-corrected chi connectivity index (χ4v) is 4.21.